The summed E-state index contributed by atoms with van der Waals surface area (Å²) in [6.45, 7) is 6.39. The van der Waals surface area contributed by atoms with Crippen molar-refractivity contribution in [2.45, 2.75) is 58.9 Å². The first-order valence-electron chi connectivity index (χ1n) is 10.5. The Hall–Kier alpha value is -2.90. The van der Waals surface area contributed by atoms with Crippen LogP contribution in [0.15, 0.2) is 12.1 Å². The van der Waals surface area contributed by atoms with Crippen molar-refractivity contribution in [3.8, 4) is 5.75 Å². The van der Waals surface area contributed by atoms with Gasteiger partial charge in [0, 0.05) is 12.6 Å². The van der Waals surface area contributed by atoms with Crippen molar-refractivity contribution in [2.75, 3.05) is 19.7 Å². The van der Waals surface area contributed by atoms with Gasteiger partial charge in [-0.3, -0.25) is 19.3 Å². The van der Waals surface area contributed by atoms with Crippen LogP contribution < -0.4 is 10.1 Å². The lowest BCUT2D eigenvalue weighted by Crippen LogP contribution is -2.43. The minimum Gasteiger partial charge on any atom is -0.493 e. The van der Waals surface area contributed by atoms with E-state index in [4.69, 9.17) is 4.74 Å². The molecule has 0 radical (unpaired) electrons. The van der Waals surface area contributed by atoms with Gasteiger partial charge in [0.15, 0.2) is 0 Å². The third kappa shape index (κ3) is 4.63. The van der Waals surface area contributed by atoms with Crippen molar-refractivity contribution in [1.29, 1.82) is 0 Å². The number of benzene rings is 1. The average Bonchev–Trinajstić information content (AvgIpc) is 3.28. The molecule has 30 heavy (non-hydrogen) atoms. The van der Waals surface area contributed by atoms with E-state index < -0.39 is 30.3 Å². The molecule has 1 aromatic carbocycles. The van der Waals surface area contributed by atoms with Gasteiger partial charge >= 0.3 is 17.8 Å². The van der Waals surface area contributed by atoms with Crippen LogP contribution in [0.2, 0.25) is 0 Å². The van der Waals surface area contributed by atoms with Gasteiger partial charge in [0.25, 0.3) is 0 Å². The molecule has 162 valence electrons. The Labute approximate surface area is 176 Å². The van der Waals surface area contributed by atoms with Crippen molar-refractivity contribution in [2.24, 2.45) is 0 Å². The highest BCUT2D eigenvalue weighted by atomic mass is 16.5. The second-order valence-corrected chi connectivity index (χ2v) is 8.04. The number of ether oxygens (including phenoxy) is 1. The van der Waals surface area contributed by atoms with Crippen LogP contribution in [0, 0.1) is 20.8 Å². The molecule has 1 saturated carbocycles. The van der Waals surface area contributed by atoms with Crippen LogP contribution >= 0.6 is 0 Å². The number of carbonyl (C=O) groups is 4. The molecule has 1 N–H and O–H groups in total. The lowest BCUT2D eigenvalue weighted by Gasteiger charge is -2.20. The molecule has 1 aliphatic heterocycles. The molecule has 8 nitrogen and oxygen atoms in total. The quantitative estimate of drug-likeness (QED) is 0.399. The minimum atomic E-state index is -0.921. The number of nitrogens with zero attached hydrogens (tertiary/aromatic N) is 2. The summed E-state index contributed by atoms with van der Waals surface area (Å²) in [7, 11) is 0. The number of rotatable bonds is 8. The SMILES string of the molecule is Cc1cc(C)c(C)c(OCCCNC(=O)CN2C(=O)C(=O)N(C3CCCC3)C2=O)c1. The van der Waals surface area contributed by atoms with Gasteiger partial charge in [-0.1, -0.05) is 18.9 Å². The third-order valence-corrected chi connectivity index (χ3v) is 5.74. The molecule has 0 atom stereocenters. The van der Waals surface area contributed by atoms with Crippen molar-refractivity contribution >= 4 is 23.8 Å². The Morgan fingerprint density at radius 2 is 1.80 bits per heavy atom. The summed E-state index contributed by atoms with van der Waals surface area (Å²) in [6.07, 6.45) is 3.86. The number of carbonyl (C=O) groups excluding carboxylic acids is 4. The van der Waals surface area contributed by atoms with E-state index in [1.54, 1.807) is 0 Å². The molecular formula is C22H29N3O5. The monoisotopic (exact) mass is 415 g/mol. The molecule has 8 heteroatoms. The maximum atomic E-state index is 12.5. The van der Waals surface area contributed by atoms with E-state index in [2.05, 4.69) is 11.4 Å². The van der Waals surface area contributed by atoms with Gasteiger partial charge in [0.05, 0.1) is 6.61 Å². The van der Waals surface area contributed by atoms with Gasteiger partial charge in [-0.2, -0.15) is 0 Å². The van der Waals surface area contributed by atoms with E-state index >= 15 is 0 Å². The van der Waals surface area contributed by atoms with Crippen LogP contribution in [0.4, 0.5) is 4.79 Å². The third-order valence-electron chi connectivity index (χ3n) is 5.74. The van der Waals surface area contributed by atoms with Crippen LogP contribution in [0.25, 0.3) is 0 Å². The summed E-state index contributed by atoms with van der Waals surface area (Å²) in [5.74, 6) is -1.38. The molecule has 1 saturated heterocycles. The largest absolute Gasteiger partial charge is 0.493 e. The highest BCUT2D eigenvalue weighted by Crippen LogP contribution is 2.27. The Kier molecular flexibility index (Phi) is 6.74. The average molecular weight is 415 g/mol. The summed E-state index contributed by atoms with van der Waals surface area (Å²) in [6, 6.07) is 3.18. The Balaban J connectivity index is 1.43. The van der Waals surface area contributed by atoms with E-state index in [9.17, 15) is 19.2 Å². The number of amides is 5. The molecule has 1 heterocycles. The van der Waals surface area contributed by atoms with Crippen molar-refractivity contribution in [3.05, 3.63) is 28.8 Å². The fraction of sp³-hybridized carbons (Fsp3) is 0.545. The molecule has 0 spiro atoms. The van der Waals surface area contributed by atoms with E-state index in [0.29, 0.717) is 32.4 Å². The number of imide groups is 2. The molecule has 5 amide bonds. The summed E-state index contributed by atoms with van der Waals surface area (Å²) < 4.78 is 5.81. The molecule has 3 rings (SSSR count). The van der Waals surface area contributed by atoms with Crippen LogP contribution in [0.3, 0.4) is 0 Å². The molecule has 0 unspecified atom stereocenters. The van der Waals surface area contributed by atoms with E-state index in [1.165, 1.54) is 5.56 Å². The second-order valence-electron chi connectivity index (χ2n) is 8.04. The van der Waals surface area contributed by atoms with Crippen molar-refractivity contribution in [1.82, 2.24) is 15.1 Å². The zero-order valence-corrected chi connectivity index (χ0v) is 17.8. The van der Waals surface area contributed by atoms with Gasteiger partial charge in [0.2, 0.25) is 5.91 Å². The summed E-state index contributed by atoms with van der Waals surface area (Å²) in [5.41, 5.74) is 3.38. The zero-order chi connectivity index (χ0) is 21.8. The smallest absolute Gasteiger partial charge is 0.334 e. The van der Waals surface area contributed by atoms with E-state index in [0.717, 1.165) is 39.5 Å². The van der Waals surface area contributed by atoms with Crippen LogP contribution in [0.5, 0.6) is 5.75 Å². The van der Waals surface area contributed by atoms with Gasteiger partial charge < -0.3 is 10.1 Å². The van der Waals surface area contributed by atoms with Crippen molar-refractivity contribution < 1.29 is 23.9 Å². The first-order chi connectivity index (χ1) is 14.3. The summed E-state index contributed by atoms with van der Waals surface area (Å²) in [4.78, 5) is 50.7. The molecule has 1 aromatic rings. The number of urea groups is 1. The maximum Gasteiger partial charge on any atom is 0.334 e. The predicted molar refractivity (Wildman–Crippen MR) is 110 cm³/mol. The van der Waals surface area contributed by atoms with E-state index in [1.807, 2.05) is 26.8 Å². The zero-order valence-electron chi connectivity index (χ0n) is 17.8. The Bertz CT molecular complexity index is 861. The minimum absolute atomic E-state index is 0.229. The Morgan fingerprint density at radius 1 is 1.10 bits per heavy atom. The number of aryl methyl sites for hydroxylation is 2. The van der Waals surface area contributed by atoms with Crippen LogP contribution in [-0.4, -0.2) is 59.3 Å². The van der Waals surface area contributed by atoms with Crippen LogP contribution in [-0.2, 0) is 14.4 Å². The maximum absolute atomic E-state index is 12.5. The van der Waals surface area contributed by atoms with E-state index in [-0.39, 0.29) is 6.04 Å². The highest BCUT2D eigenvalue weighted by molar-refractivity contribution is 6.45. The fourth-order valence-corrected chi connectivity index (χ4v) is 3.98. The number of hydrogen-bond acceptors (Lipinski definition) is 5. The molecule has 1 aliphatic carbocycles. The molecule has 2 aliphatic rings. The van der Waals surface area contributed by atoms with Crippen molar-refractivity contribution in [3.63, 3.8) is 0 Å². The first kappa shape index (κ1) is 21.8. The lowest BCUT2D eigenvalue weighted by molar-refractivity contribution is -0.144. The van der Waals surface area contributed by atoms with Crippen LogP contribution in [0.1, 0.15) is 48.8 Å². The van der Waals surface area contributed by atoms with Gasteiger partial charge in [-0.15, -0.1) is 0 Å². The highest BCUT2D eigenvalue weighted by Gasteiger charge is 2.48. The van der Waals surface area contributed by atoms with Gasteiger partial charge in [0.1, 0.15) is 12.3 Å². The molecule has 0 bridgehead atoms. The summed E-state index contributed by atoms with van der Waals surface area (Å²) in [5, 5.41) is 2.68. The molecular weight excluding hydrogens is 386 g/mol. The standard InChI is InChI=1S/C22H29N3O5/c1-14-11-15(2)16(3)18(12-14)30-10-6-9-23-19(26)13-24-20(27)21(28)25(22(24)29)17-7-4-5-8-17/h11-12,17H,4-10,13H2,1-3H3,(H,23,26). The number of hydrogen-bond donors (Lipinski definition) is 1. The number of nitrogens with one attached hydrogen (secondary N) is 1. The molecule has 0 aromatic heterocycles. The van der Waals surface area contributed by atoms with Gasteiger partial charge in [-0.05, 0) is 62.8 Å². The fourth-order valence-electron chi connectivity index (χ4n) is 3.98. The normalized spacial score (nSPS) is 17.2. The molecule has 2 fully saturated rings. The second kappa shape index (κ2) is 9.28. The summed E-state index contributed by atoms with van der Waals surface area (Å²) >= 11 is 0. The predicted octanol–water partition coefficient (Wildman–Crippen LogP) is 2.23. The lowest BCUT2D eigenvalue weighted by atomic mass is 10.1. The van der Waals surface area contributed by atoms with Gasteiger partial charge in [-0.25, -0.2) is 9.69 Å². The Morgan fingerprint density at radius 3 is 2.50 bits per heavy atom. The topological polar surface area (TPSA) is 96.0 Å². The first-order valence-corrected chi connectivity index (χ1v) is 10.5.